The van der Waals surface area contributed by atoms with E-state index in [1.165, 1.54) is 0 Å². The number of hydrogen-bond donors (Lipinski definition) is 3. The van der Waals surface area contributed by atoms with E-state index in [0.717, 1.165) is 23.8 Å². The van der Waals surface area contributed by atoms with Gasteiger partial charge in [0.25, 0.3) is 11.6 Å². The van der Waals surface area contributed by atoms with Crippen molar-refractivity contribution < 1.29 is 42.6 Å². The number of rotatable bonds is 23. The van der Waals surface area contributed by atoms with Crippen LogP contribution in [0.3, 0.4) is 0 Å². The maximum Gasteiger partial charge on any atom is 0.270 e. The number of nitro benzene ring substituents is 1. The fourth-order valence-corrected chi connectivity index (χ4v) is 4.18. The van der Waals surface area contributed by atoms with E-state index in [0.29, 0.717) is 63.4 Å². The number of benzene rings is 2. The third kappa shape index (κ3) is 14.6. The van der Waals surface area contributed by atoms with Crippen LogP contribution in [-0.4, -0.2) is 94.5 Å². The van der Waals surface area contributed by atoms with Gasteiger partial charge in [0.1, 0.15) is 24.0 Å². The average molecular weight is 650 g/mol. The van der Waals surface area contributed by atoms with Gasteiger partial charge in [0, 0.05) is 56.2 Å². The number of carbonyl (C=O) groups excluding carboxylic acids is 3. The molecule has 0 aliphatic heterocycles. The molecule has 0 aromatic heterocycles. The van der Waals surface area contributed by atoms with Crippen LogP contribution < -0.4 is 25.4 Å². The van der Waals surface area contributed by atoms with Crippen LogP contribution in [0.1, 0.15) is 48.5 Å². The van der Waals surface area contributed by atoms with Crippen LogP contribution in [0.5, 0.6) is 11.5 Å². The maximum atomic E-state index is 13.8. The first-order chi connectivity index (χ1) is 22.1. The second-order valence-electron chi connectivity index (χ2n) is 10.2. The summed E-state index contributed by atoms with van der Waals surface area (Å²) in [5.74, 6) is -0.394. The summed E-state index contributed by atoms with van der Waals surface area (Å²) < 4.78 is 35.8. The first kappa shape index (κ1) is 37.8. The van der Waals surface area contributed by atoms with Gasteiger partial charge in [-0.2, -0.15) is 0 Å². The SMILES string of the molecule is CCNC(=O)CCCOc1ccc(CN(C)CCCC(=O)NCOCCOCCNC(=O)c2cc([N+](=O)[O-])ccc2F)c(OC)c1. The quantitative estimate of drug-likeness (QED) is 0.0704. The minimum atomic E-state index is -0.858. The van der Waals surface area contributed by atoms with E-state index in [2.05, 4.69) is 20.9 Å². The number of non-ortho nitro benzene ring substituents is 1. The van der Waals surface area contributed by atoms with Crippen LogP contribution in [0.15, 0.2) is 36.4 Å². The van der Waals surface area contributed by atoms with Gasteiger partial charge < -0.3 is 39.8 Å². The van der Waals surface area contributed by atoms with Crippen LogP contribution in [0.25, 0.3) is 0 Å². The zero-order valence-corrected chi connectivity index (χ0v) is 26.6. The topological polar surface area (TPSA) is 171 Å². The molecule has 0 atom stereocenters. The van der Waals surface area contributed by atoms with Gasteiger partial charge in [-0.25, -0.2) is 4.39 Å². The minimum absolute atomic E-state index is 0.0120. The number of carbonyl (C=O) groups is 3. The summed E-state index contributed by atoms with van der Waals surface area (Å²) in [6.07, 6.45) is 2.01. The number of ether oxygens (including phenoxy) is 4. The second-order valence-corrected chi connectivity index (χ2v) is 10.2. The van der Waals surface area contributed by atoms with Crippen molar-refractivity contribution in [2.45, 2.75) is 39.2 Å². The molecule has 3 N–H and O–H groups in total. The van der Waals surface area contributed by atoms with Crippen molar-refractivity contribution in [2.24, 2.45) is 0 Å². The highest BCUT2D eigenvalue weighted by Gasteiger charge is 2.16. The molecule has 0 unspecified atom stereocenters. The van der Waals surface area contributed by atoms with E-state index in [1.54, 1.807) is 7.11 Å². The molecule has 0 aliphatic rings. The molecule has 0 radical (unpaired) electrons. The lowest BCUT2D eigenvalue weighted by molar-refractivity contribution is -0.384. The molecule has 0 saturated carbocycles. The zero-order chi connectivity index (χ0) is 33.7. The van der Waals surface area contributed by atoms with Gasteiger partial charge in [0.05, 0.1) is 44.0 Å². The van der Waals surface area contributed by atoms with Crippen molar-refractivity contribution in [1.82, 2.24) is 20.9 Å². The predicted octanol–water partition coefficient (Wildman–Crippen LogP) is 2.79. The molecule has 2 aromatic rings. The zero-order valence-electron chi connectivity index (χ0n) is 26.6. The van der Waals surface area contributed by atoms with Crippen LogP contribution in [0.4, 0.5) is 10.1 Å². The van der Waals surface area contributed by atoms with Crippen molar-refractivity contribution in [3.63, 3.8) is 0 Å². The molecule has 0 bridgehead atoms. The molecule has 14 nitrogen and oxygen atoms in total. The van der Waals surface area contributed by atoms with Gasteiger partial charge in [-0.3, -0.25) is 24.5 Å². The predicted molar refractivity (Wildman–Crippen MR) is 167 cm³/mol. The smallest absolute Gasteiger partial charge is 0.270 e. The molecule has 2 rings (SSSR count). The van der Waals surface area contributed by atoms with Crippen LogP contribution in [0, 0.1) is 15.9 Å². The molecule has 0 spiro atoms. The summed E-state index contributed by atoms with van der Waals surface area (Å²) in [4.78, 5) is 47.9. The molecule has 0 saturated heterocycles. The Bertz CT molecular complexity index is 1280. The fraction of sp³-hybridized carbons (Fsp3) is 0.516. The largest absolute Gasteiger partial charge is 0.496 e. The highest BCUT2D eigenvalue weighted by Crippen LogP contribution is 2.26. The van der Waals surface area contributed by atoms with Gasteiger partial charge in [-0.1, -0.05) is 6.07 Å². The summed E-state index contributed by atoms with van der Waals surface area (Å²) >= 11 is 0. The Hall–Kier alpha value is -4.34. The minimum Gasteiger partial charge on any atom is -0.496 e. The van der Waals surface area contributed by atoms with Gasteiger partial charge in [-0.05, 0) is 45.5 Å². The highest BCUT2D eigenvalue weighted by atomic mass is 19.1. The Morgan fingerprint density at radius 2 is 1.67 bits per heavy atom. The summed E-state index contributed by atoms with van der Waals surface area (Å²) in [5.41, 5.74) is 0.187. The number of methoxy groups -OCH3 is 1. The Balaban J connectivity index is 1.53. The third-order valence-corrected chi connectivity index (χ3v) is 6.51. The number of nitro groups is 1. The molecule has 2 aromatic carbocycles. The van der Waals surface area contributed by atoms with Crippen molar-refractivity contribution in [2.75, 3.05) is 67.0 Å². The molecule has 0 aliphatic carbocycles. The lowest BCUT2D eigenvalue weighted by atomic mass is 10.1. The van der Waals surface area contributed by atoms with E-state index in [1.807, 2.05) is 32.2 Å². The van der Waals surface area contributed by atoms with Crippen molar-refractivity contribution in [3.8, 4) is 11.5 Å². The third-order valence-electron chi connectivity index (χ3n) is 6.51. The lowest BCUT2D eigenvalue weighted by Crippen LogP contribution is -2.29. The maximum absolute atomic E-state index is 13.8. The summed E-state index contributed by atoms with van der Waals surface area (Å²) in [7, 11) is 3.56. The summed E-state index contributed by atoms with van der Waals surface area (Å²) in [6, 6.07) is 8.38. The molecule has 46 heavy (non-hydrogen) atoms. The number of halogens is 1. The number of amides is 3. The Morgan fingerprint density at radius 3 is 2.41 bits per heavy atom. The fourth-order valence-electron chi connectivity index (χ4n) is 4.18. The van der Waals surface area contributed by atoms with Crippen molar-refractivity contribution >= 4 is 23.4 Å². The van der Waals surface area contributed by atoms with Gasteiger partial charge in [0.15, 0.2) is 0 Å². The first-order valence-electron chi connectivity index (χ1n) is 15.0. The molecule has 15 heteroatoms. The van der Waals surface area contributed by atoms with E-state index >= 15 is 0 Å². The normalized spacial score (nSPS) is 10.8. The van der Waals surface area contributed by atoms with Crippen molar-refractivity contribution in [3.05, 3.63) is 63.5 Å². The van der Waals surface area contributed by atoms with Crippen LogP contribution in [-0.2, 0) is 25.6 Å². The monoisotopic (exact) mass is 649 g/mol. The summed E-state index contributed by atoms with van der Waals surface area (Å²) in [5, 5.41) is 18.7. The highest BCUT2D eigenvalue weighted by molar-refractivity contribution is 5.95. The molecular weight excluding hydrogens is 605 g/mol. The Labute approximate surface area is 268 Å². The van der Waals surface area contributed by atoms with E-state index in [4.69, 9.17) is 18.9 Å². The van der Waals surface area contributed by atoms with E-state index in [-0.39, 0.29) is 50.6 Å². The molecule has 0 heterocycles. The Morgan fingerprint density at radius 1 is 0.935 bits per heavy atom. The standard InChI is InChI=1S/C31H44FN5O9/c1-4-33-29(38)8-6-15-46-25-11-9-23(28(20-25)43-3)21-36(2)14-5-7-30(39)35-22-45-18-17-44-16-13-34-31(40)26-19-24(37(41)42)10-12-27(26)32/h9-12,19-20H,4-8,13-18,21-22H2,1-3H3,(H,33,38)(H,34,40)(H,35,39). The van der Waals surface area contributed by atoms with Crippen LogP contribution in [0.2, 0.25) is 0 Å². The molecule has 254 valence electrons. The van der Waals surface area contributed by atoms with E-state index < -0.39 is 22.2 Å². The molecule has 0 fully saturated rings. The van der Waals surface area contributed by atoms with Gasteiger partial charge in [0.2, 0.25) is 11.8 Å². The Kier molecular flexibility index (Phi) is 17.6. The van der Waals surface area contributed by atoms with Crippen LogP contribution >= 0.6 is 0 Å². The lowest BCUT2D eigenvalue weighted by Gasteiger charge is -2.19. The van der Waals surface area contributed by atoms with Gasteiger partial charge in [-0.15, -0.1) is 0 Å². The summed E-state index contributed by atoms with van der Waals surface area (Å²) in [6.45, 7) is 4.87. The molecule has 3 amide bonds. The number of nitrogens with zero attached hydrogens (tertiary/aromatic N) is 2. The van der Waals surface area contributed by atoms with E-state index in [9.17, 15) is 28.9 Å². The second kappa shape index (κ2) is 21.4. The number of hydrogen-bond acceptors (Lipinski definition) is 10. The van der Waals surface area contributed by atoms with Gasteiger partial charge >= 0.3 is 0 Å². The average Bonchev–Trinajstić information content (AvgIpc) is 3.03. The number of nitrogens with one attached hydrogen (secondary N) is 3. The first-order valence-corrected chi connectivity index (χ1v) is 15.0. The van der Waals surface area contributed by atoms with Crippen molar-refractivity contribution in [1.29, 1.82) is 0 Å². The molecular formula is C31H44FN5O9.